The minimum atomic E-state index is -3.20. The van der Waals surface area contributed by atoms with Crippen LogP contribution in [0.2, 0.25) is 0 Å². The summed E-state index contributed by atoms with van der Waals surface area (Å²) in [5, 5.41) is 2.79. The van der Waals surface area contributed by atoms with Crippen molar-refractivity contribution in [1.29, 1.82) is 0 Å². The fourth-order valence-electron chi connectivity index (χ4n) is 2.08. The van der Waals surface area contributed by atoms with Crippen LogP contribution in [0.15, 0.2) is 11.6 Å². The average Bonchev–Trinajstić information content (AvgIpc) is 2.40. The molecule has 1 unspecified atom stereocenters. The SMILES string of the molecule is CCCNCC(C)S(=O)(=O)N1CC=C(COC)CC1. The molecule has 0 aromatic rings. The van der Waals surface area contributed by atoms with Crippen molar-refractivity contribution in [3.8, 4) is 0 Å². The summed E-state index contributed by atoms with van der Waals surface area (Å²) in [6, 6.07) is 0. The first kappa shape index (κ1) is 16.6. The molecule has 0 aliphatic carbocycles. The van der Waals surface area contributed by atoms with E-state index in [-0.39, 0.29) is 5.25 Å². The summed E-state index contributed by atoms with van der Waals surface area (Å²) in [6.45, 7) is 6.85. The second-order valence-electron chi connectivity index (χ2n) is 4.96. The van der Waals surface area contributed by atoms with E-state index < -0.39 is 10.0 Å². The van der Waals surface area contributed by atoms with Gasteiger partial charge in [-0.05, 0) is 31.9 Å². The first-order valence-corrected chi connectivity index (χ1v) is 8.39. The first-order chi connectivity index (χ1) is 9.02. The molecular weight excluding hydrogens is 264 g/mol. The van der Waals surface area contributed by atoms with Crippen molar-refractivity contribution in [2.24, 2.45) is 0 Å². The Morgan fingerprint density at radius 2 is 2.26 bits per heavy atom. The molecule has 0 saturated heterocycles. The van der Waals surface area contributed by atoms with Crippen LogP contribution in [0.5, 0.6) is 0 Å². The molecule has 0 bridgehead atoms. The molecule has 1 aliphatic rings. The molecule has 1 heterocycles. The van der Waals surface area contributed by atoms with Crippen LogP contribution in [0.4, 0.5) is 0 Å². The van der Waals surface area contributed by atoms with Gasteiger partial charge in [-0.3, -0.25) is 0 Å². The van der Waals surface area contributed by atoms with Gasteiger partial charge in [0.2, 0.25) is 10.0 Å². The van der Waals surface area contributed by atoms with Gasteiger partial charge in [0.1, 0.15) is 0 Å². The largest absolute Gasteiger partial charge is 0.380 e. The maximum absolute atomic E-state index is 12.4. The molecule has 1 aliphatic heterocycles. The van der Waals surface area contributed by atoms with Crippen molar-refractivity contribution in [2.75, 3.05) is 39.9 Å². The normalized spacial score (nSPS) is 19.2. The number of nitrogens with one attached hydrogen (secondary N) is 1. The molecule has 19 heavy (non-hydrogen) atoms. The van der Waals surface area contributed by atoms with Crippen LogP contribution in [-0.2, 0) is 14.8 Å². The van der Waals surface area contributed by atoms with E-state index in [0.29, 0.717) is 26.2 Å². The standard InChI is InChI=1S/C13H26N2O3S/c1-4-7-14-10-12(2)19(16,17)15-8-5-13(6-9-15)11-18-3/h5,12,14H,4,6-11H2,1-3H3. The molecule has 0 amide bonds. The lowest BCUT2D eigenvalue weighted by atomic mass is 10.1. The van der Waals surface area contributed by atoms with Gasteiger partial charge < -0.3 is 10.1 Å². The van der Waals surface area contributed by atoms with Crippen molar-refractivity contribution < 1.29 is 13.2 Å². The topological polar surface area (TPSA) is 58.6 Å². The van der Waals surface area contributed by atoms with Crippen LogP contribution >= 0.6 is 0 Å². The third kappa shape index (κ3) is 4.87. The number of ether oxygens (including phenoxy) is 1. The summed E-state index contributed by atoms with van der Waals surface area (Å²) in [5.41, 5.74) is 1.19. The van der Waals surface area contributed by atoms with Gasteiger partial charge in [0, 0.05) is 26.7 Å². The number of hydrogen-bond acceptors (Lipinski definition) is 4. The Balaban J connectivity index is 2.54. The summed E-state index contributed by atoms with van der Waals surface area (Å²) in [4.78, 5) is 0. The van der Waals surface area contributed by atoms with Crippen LogP contribution in [0.25, 0.3) is 0 Å². The molecule has 0 radical (unpaired) electrons. The number of nitrogens with zero attached hydrogens (tertiary/aromatic N) is 1. The lowest BCUT2D eigenvalue weighted by molar-refractivity contribution is 0.219. The zero-order chi connectivity index (χ0) is 14.3. The van der Waals surface area contributed by atoms with E-state index in [1.54, 1.807) is 18.3 Å². The van der Waals surface area contributed by atoms with E-state index in [2.05, 4.69) is 12.2 Å². The molecule has 112 valence electrons. The molecule has 0 aromatic heterocycles. The molecule has 0 spiro atoms. The number of hydrogen-bond donors (Lipinski definition) is 1. The Kier molecular flexibility index (Phi) is 6.99. The van der Waals surface area contributed by atoms with E-state index in [4.69, 9.17) is 4.74 Å². The maximum Gasteiger partial charge on any atom is 0.218 e. The Labute approximate surface area is 117 Å². The smallest absolute Gasteiger partial charge is 0.218 e. The minimum Gasteiger partial charge on any atom is -0.380 e. The van der Waals surface area contributed by atoms with Gasteiger partial charge in [0.05, 0.1) is 11.9 Å². The highest BCUT2D eigenvalue weighted by Gasteiger charge is 2.29. The molecular formula is C13H26N2O3S. The molecule has 1 rings (SSSR count). The van der Waals surface area contributed by atoms with Crippen LogP contribution in [0.1, 0.15) is 26.7 Å². The minimum absolute atomic E-state index is 0.378. The Hall–Kier alpha value is -0.430. The molecule has 0 aromatic carbocycles. The Morgan fingerprint density at radius 1 is 1.53 bits per heavy atom. The summed E-state index contributed by atoms with van der Waals surface area (Å²) in [7, 11) is -1.54. The lowest BCUT2D eigenvalue weighted by Crippen LogP contribution is -2.44. The highest BCUT2D eigenvalue weighted by Crippen LogP contribution is 2.17. The van der Waals surface area contributed by atoms with Gasteiger partial charge in [-0.25, -0.2) is 8.42 Å². The summed E-state index contributed by atoms with van der Waals surface area (Å²) in [5.74, 6) is 0. The van der Waals surface area contributed by atoms with Gasteiger partial charge >= 0.3 is 0 Å². The second-order valence-corrected chi connectivity index (χ2v) is 7.31. The van der Waals surface area contributed by atoms with Crippen LogP contribution in [0, 0.1) is 0 Å². The number of sulfonamides is 1. The molecule has 0 saturated carbocycles. The van der Waals surface area contributed by atoms with Crippen molar-refractivity contribution >= 4 is 10.0 Å². The third-order valence-corrected chi connectivity index (χ3v) is 5.56. The van der Waals surface area contributed by atoms with E-state index >= 15 is 0 Å². The monoisotopic (exact) mass is 290 g/mol. The summed E-state index contributed by atoms with van der Waals surface area (Å²) >= 11 is 0. The third-order valence-electron chi connectivity index (χ3n) is 3.32. The zero-order valence-electron chi connectivity index (χ0n) is 12.2. The molecule has 0 fully saturated rings. The van der Waals surface area contributed by atoms with Gasteiger partial charge in [0.25, 0.3) is 0 Å². The Morgan fingerprint density at radius 3 is 2.79 bits per heavy atom. The molecule has 6 heteroatoms. The van der Waals surface area contributed by atoms with Gasteiger partial charge in [-0.15, -0.1) is 0 Å². The van der Waals surface area contributed by atoms with Crippen molar-refractivity contribution in [1.82, 2.24) is 9.62 Å². The van der Waals surface area contributed by atoms with Crippen LogP contribution in [0.3, 0.4) is 0 Å². The van der Waals surface area contributed by atoms with Gasteiger partial charge in [-0.2, -0.15) is 4.31 Å². The maximum atomic E-state index is 12.4. The number of rotatable bonds is 8. The molecule has 1 atom stereocenters. The quantitative estimate of drug-likeness (QED) is 0.535. The van der Waals surface area contributed by atoms with Gasteiger partial charge in [0.15, 0.2) is 0 Å². The fourth-order valence-corrected chi connectivity index (χ4v) is 3.55. The predicted octanol–water partition coefficient (Wildman–Crippen LogP) is 0.983. The predicted molar refractivity (Wildman–Crippen MR) is 77.7 cm³/mol. The molecule has 1 N–H and O–H groups in total. The fraction of sp³-hybridized carbons (Fsp3) is 0.846. The van der Waals surface area contributed by atoms with Gasteiger partial charge in [-0.1, -0.05) is 13.0 Å². The zero-order valence-corrected chi connectivity index (χ0v) is 13.0. The Bertz CT molecular complexity index is 393. The number of methoxy groups -OCH3 is 1. The summed E-state index contributed by atoms with van der Waals surface area (Å²) < 4.78 is 31.4. The van der Waals surface area contributed by atoms with E-state index in [1.807, 2.05) is 6.08 Å². The highest BCUT2D eigenvalue weighted by molar-refractivity contribution is 7.89. The van der Waals surface area contributed by atoms with E-state index in [9.17, 15) is 8.42 Å². The first-order valence-electron chi connectivity index (χ1n) is 6.88. The van der Waals surface area contributed by atoms with Crippen molar-refractivity contribution in [3.63, 3.8) is 0 Å². The molecule has 5 nitrogen and oxygen atoms in total. The second kappa shape index (κ2) is 7.99. The van der Waals surface area contributed by atoms with E-state index in [1.165, 1.54) is 5.57 Å². The van der Waals surface area contributed by atoms with Crippen LogP contribution in [-0.4, -0.2) is 57.9 Å². The van der Waals surface area contributed by atoms with Crippen molar-refractivity contribution in [3.05, 3.63) is 11.6 Å². The van der Waals surface area contributed by atoms with E-state index in [0.717, 1.165) is 19.4 Å². The lowest BCUT2D eigenvalue weighted by Gasteiger charge is -2.28. The summed E-state index contributed by atoms with van der Waals surface area (Å²) in [6.07, 6.45) is 3.75. The van der Waals surface area contributed by atoms with Crippen molar-refractivity contribution in [2.45, 2.75) is 31.9 Å². The highest BCUT2D eigenvalue weighted by atomic mass is 32.2. The average molecular weight is 290 g/mol. The van der Waals surface area contributed by atoms with Crippen LogP contribution < -0.4 is 5.32 Å².